The molecule has 2 N–H and O–H groups in total. The van der Waals surface area contributed by atoms with E-state index in [1.807, 2.05) is 13.8 Å². The molecule has 0 radical (unpaired) electrons. The van der Waals surface area contributed by atoms with Gasteiger partial charge in [-0.15, -0.1) is 11.3 Å². The number of aromatic nitrogens is 1. The predicted molar refractivity (Wildman–Crippen MR) is 81.0 cm³/mol. The molecule has 21 heavy (non-hydrogen) atoms. The number of aryl methyl sites for hydroxylation is 1. The smallest absolute Gasteiger partial charge is 0.305 e. The van der Waals surface area contributed by atoms with E-state index in [4.69, 9.17) is 5.11 Å². The summed E-state index contributed by atoms with van der Waals surface area (Å²) in [7, 11) is 0. The lowest BCUT2D eigenvalue weighted by Gasteiger charge is -2.16. The molecule has 0 spiro atoms. The highest BCUT2D eigenvalue weighted by Gasteiger charge is 2.20. The molecule has 0 fully saturated rings. The van der Waals surface area contributed by atoms with Gasteiger partial charge >= 0.3 is 5.97 Å². The third kappa shape index (κ3) is 3.46. The van der Waals surface area contributed by atoms with Gasteiger partial charge in [0.15, 0.2) is 0 Å². The predicted octanol–water partition coefficient (Wildman–Crippen LogP) is 3.18. The van der Waals surface area contributed by atoms with Crippen molar-refractivity contribution in [1.29, 1.82) is 0 Å². The molecule has 112 valence electrons. The van der Waals surface area contributed by atoms with Crippen LogP contribution >= 0.6 is 11.3 Å². The van der Waals surface area contributed by atoms with Crippen LogP contribution in [0.15, 0.2) is 12.1 Å². The summed E-state index contributed by atoms with van der Waals surface area (Å²) in [4.78, 5) is 25.8. The number of nitrogens with one attached hydrogen (secondary N) is 1. The molecule has 1 aromatic carbocycles. The highest BCUT2D eigenvalue weighted by atomic mass is 32.1. The van der Waals surface area contributed by atoms with E-state index in [0.29, 0.717) is 17.6 Å². The lowest BCUT2D eigenvalue weighted by atomic mass is 10.1. The Hall–Kier alpha value is -2.22. The van der Waals surface area contributed by atoms with E-state index in [2.05, 4.69) is 10.3 Å². The second-order valence-corrected chi connectivity index (χ2v) is 5.91. The van der Waals surface area contributed by atoms with Crippen molar-refractivity contribution in [3.63, 3.8) is 0 Å². The Labute approximate surface area is 124 Å². The average molecular weight is 309 g/mol. The number of carboxylic acid groups (broad SMARTS) is 1. The summed E-state index contributed by atoms with van der Waals surface area (Å²) in [6, 6.07) is 2.73. The number of nitro groups is 1. The quantitative estimate of drug-likeness (QED) is 0.627. The number of fused-ring (bicyclic) bond motifs is 1. The molecule has 7 nitrogen and oxygen atoms in total. The standard InChI is InChI=1S/C13H15N3O4S/c1-3-8(4-13(17)18)15-9-5-10-12(21-7(2)14-10)6-11(9)16(19)20/h5-6,8,15H,3-4H2,1-2H3,(H,17,18). The summed E-state index contributed by atoms with van der Waals surface area (Å²) in [6.07, 6.45) is 0.458. The van der Waals surface area contributed by atoms with Crippen molar-refractivity contribution < 1.29 is 14.8 Å². The van der Waals surface area contributed by atoms with Gasteiger partial charge in [0.2, 0.25) is 0 Å². The van der Waals surface area contributed by atoms with Crippen molar-refractivity contribution in [1.82, 2.24) is 4.98 Å². The largest absolute Gasteiger partial charge is 0.481 e. The van der Waals surface area contributed by atoms with Crippen molar-refractivity contribution in [2.45, 2.75) is 32.7 Å². The van der Waals surface area contributed by atoms with E-state index in [0.717, 1.165) is 9.71 Å². The van der Waals surface area contributed by atoms with E-state index in [1.165, 1.54) is 17.4 Å². The number of anilines is 1. The second-order valence-electron chi connectivity index (χ2n) is 4.67. The van der Waals surface area contributed by atoms with Crippen LogP contribution in [-0.2, 0) is 4.79 Å². The van der Waals surface area contributed by atoms with Gasteiger partial charge in [0.05, 0.1) is 26.6 Å². The molecule has 0 saturated carbocycles. The Morgan fingerprint density at radius 3 is 2.86 bits per heavy atom. The van der Waals surface area contributed by atoms with Gasteiger partial charge in [0.1, 0.15) is 5.69 Å². The third-order valence-electron chi connectivity index (χ3n) is 3.08. The summed E-state index contributed by atoms with van der Waals surface area (Å²) < 4.78 is 0.746. The molecule has 0 aliphatic rings. The van der Waals surface area contributed by atoms with Crippen LogP contribution < -0.4 is 5.32 Å². The van der Waals surface area contributed by atoms with Crippen LogP contribution in [0.4, 0.5) is 11.4 Å². The number of hydrogen-bond acceptors (Lipinski definition) is 6. The minimum Gasteiger partial charge on any atom is -0.481 e. The number of carbonyl (C=O) groups is 1. The van der Waals surface area contributed by atoms with E-state index in [-0.39, 0.29) is 18.2 Å². The molecule has 1 aromatic heterocycles. The van der Waals surface area contributed by atoms with Crippen LogP contribution in [-0.4, -0.2) is 27.0 Å². The first-order chi connectivity index (χ1) is 9.90. The highest BCUT2D eigenvalue weighted by molar-refractivity contribution is 7.18. The van der Waals surface area contributed by atoms with Gasteiger partial charge in [0, 0.05) is 12.1 Å². The summed E-state index contributed by atoms with van der Waals surface area (Å²) in [5.74, 6) is -0.942. The molecule has 0 bridgehead atoms. The Morgan fingerprint density at radius 2 is 2.29 bits per heavy atom. The maximum atomic E-state index is 11.2. The normalized spacial score (nSPS) is 12.3. The Kier molecular flexibility index (Phi) is 4.37. The maximum absolute atomic E-state index is 11.2. The van der Waals surface area contributed by atoms with Crippen LogP contribution in [0.1, 0.15) is 24.8 Å². The maximum Gasteiger partial charge on any atom is 0.305 e. The minimum atomic E-state index is -0.942. The number of nitrogens with zero attached hydrogens (tertiary/aromatic N) is 2. The Bertz CT molecular complexity index is 698. The van der Waals surface area contributed by atoms with Crippen molar-refractivity contribution >= 4 is 38.9 Å². The molecule has 0 aliphatic heterocycles. The lowest BCUT2D eigenvalue weighted by Crippen LogP contribution is -2.22. The van der Waals surface area contributed by atoms with Crippen molar-refractivity contribution in [3.05, 3.63) is 27.3 Å². The van der Waals surface area contributed by atoms with Gasteiger partial charge in [-0.3, -0.25) is 14.9 Å². The van der Waals surface area contributed by atoms with Crippen LogP contribution in [0.25, 0.3) is 10.2 Å². The highest BCUT2D eigenvalue weighted by Crippen LogP contribution is 2.33. The lowest BCUT2D eigenvalue weighted by molar-refractivity contribution is -0.383. The third-order valence-corrected chi connectivity index (χ3v) is 4.02. The van der Waals surface area contributed by atoms with E-state index in [9.17, 15) is 14.9 Å². The van der Waals surface area contributed by atoms with Crippen LogP contribution in [0.3, 0.4) is 0 Å². The fourth-order valence-corrected chi connectivity index (χ4v) is 2.92. The number of rotatable bonds is 6. The number of thiazole rings is 1. The van der Waals surface area contributed by atoms with Gasteiger partial charge in [-0.1, -0.05) is 6.92 Å². The first-order valence-electron chi connectivity index (χ1n) is 6.44. The number of hydrogen-bond donors (Lipinski definition) is 2. The van der Waals surface area contributed by atoms with Crippen LogP contribution in [0.2, 0.25) is 0 Å². The zero-order chi connectivity index (χ0) is 15.6. The van der Waals surface area contributed by atoms with E-state index < -0.39 is 10.9 Å². The number of nitro benzene ring substituents is 1. The first kappa shape index (κ1) is 15.2. The SMILES string of the molecule is CCC(CC(=O)O)Nc1cc2nc(C)sc2cc1[N+](=O)[O-]. The molecular weight excluding hydrogens is 294 g/mol. The molecule has 1 heterocycles. The molecule has 2 aromatic rings. The van der Waals surface area contributed by atoms with Gasteiger partial charge in [0.25, 0.3) is 5.69 Å². The van der Waals surface area contributed by atoms with Gasteiger partial charge in [-0.25, -0.2) is 4.98 Å². The van der Waals surface area contributed by atoms with Crippen molar-refractivity contribution in [3.8, 4) is 0 Å². The first-order valence-corrected chi connectivity index (χ1v) is 7.26. The van der Waals surface area contributed by atoms with Crippen LogP contribution in [0, 0.1) is 17.0 Å². The summed E-state index contributed by atoms with van der Waals surface area (Å²) in [6.45, 7) is 3.67. The Balaban J connectivity index is 2.42. The molecular formula is C13H15N3O4S. The van der Waals surface area contributed by atoms with Crippen molar-refractivity contribution in [2.75, 3.05) is 5.32 Å². The molecule has 1 atom stereocenters. The second kappa shape index (κ2) is 6.04. The zero-order valence-electron chi connectivity index (χ0n) is 11.6. The average Bonchev–Trinajstić information content (AvgIpc) is 2.75. The fourth-order valence-electron chi connectivity index (χ4n) is 2.07. The summed E-state index contributed by atoms with van der Waals surface area (Å²) >= 11 is 1.39. The van der Waals surface area contributed by atoms with Crippen molar-refractivity contribution in [2.24, 2.45) is 0 Å². The molecule has 0 amide bonds. The van der Waals surface area contributed by atoms with Crippen LogP contribution in [0.5, 0.6) is 0 Å². The van der Waals surface area contributed by atoms with Gasteiger partial charge < -0.3 is 10.4 Å². The van der Waals surface area contributed by atoms with E-state index >= 15 is 0 Å². The monoisotopic (exact) mass is 309 g/mol. The summed E-state index contributed by atoms with van der Waals surface area (Å²) in [5, 5.41) is 23.8. The Morgan fingerprint density at radius 1 is 1.57 bits per heavy atom. The van der Waals surface area contributed by atoms with Gasteiger partial charge in [-0.2, -0.15) is 0 Å². The molecule has 0 aliphatic carbocycles. The summed E-state index contributed by atoms with van der Waals surface area (Å²) in [5.41, 5.74) is 0.927. The number of carboxylic acids is 1. The molecule has 2 rings (SSSR count). The zero-order valence-corrected chi connectivity index (χ0v) is 12.4. The molecule has 8 heteroatoms. The minimum absolute atomic E-state index is 0.0602. The topological polar surface area (TPSA) is 105 Å². The van der Waals surface area contributed by atoms with E-state index in [1.54, 1.807) is 6.07 Å². The van der Waals surface area contributed by atoms with Gasteiger partial charge in [-0.05, 0) is 19.4 Å². The fraction of sp³-hybridized carbons (Fsp3) is 0.385. The molecule has 0 saturated heterocycles. The molecule has 1 unspecified atom stereocenters. The number of aliphatic carboxylic acids is 1. The number of benzene rings is 1.